The maximum absolute atomic E-state index is 12.7. The number of nitro groups is 1. The normalized spacial score (nSPS) is 12.8. The standard InChI is InChI=1S/C16H15F3N2O3/c17-16(18,19)13-6-3-5-11(8-13)15(22)10-20-9-12-4-1-2-7-14(12)21(23)24/h1-8,15,20,22H,9-10H2. The number of benzene rings is 2. The van der Waals surface area contributed by atoms with E-state index in [1.54, 1.807) is 18.2 Å². The Kier molecular flexibility index (Phi) is 5.53. The van der Waals surface area contributed by atoms with Crippen molar-refractivity contribution >= 4 is 5.69 Å². The molecule has 8 heteroatoms. The zero-order valence-corrected chi connectivity index (χ0v) is 12.5. The van der Waals surface area contributed by atoms with Crippen molar-refractivity contribution in [1.29, 1.82) is 0 Å². The molecular weight excluding hydrogens is 325 g/mol. The summed E-state index contributed by atoms with van der Waals surface area (Å²) in [6.07, 6.45) is -5.64. The number of aliphatic hydroxyl groups excluding tert-OH is 1. The molecule has 0 aromatic heterocycles. The number of hydrogen-bond acceptors (Lipinski definition) is 4. The van der Waals surface area contributed by atoms with Crippen LogP contribution in [0.1, 0.15) is 22.8 Å². The lowest BCUT2D eigenvalue weighted by molar-refractivity contribution is -0.385. The molecule has 24 heavy (non-hydrogen) atoms. The third kappa shape index (κ3) is 4.53. The number of para-hydroxylation sites is 1. The van der Waals surface area contributed by atoms with Gasteiger partial charge in [0.05, 0.1) is 16.6 Å². The molecule has 1 atom stereocenters. The Morgan fingerprint density at radius 2 is 1.88 bits per heavy atom. The lowest BCUT2D eigenvalue weighted by Crippen LogP contribution is -2.21. The molecule has 0 aliphatic rings. The number of alkyl halides is 3. The lowest BCUT2D eigenvalue weighted by Gasteiger charge is -2.14. The summed E-state index contributed by atoms with van der Waals surface area (Å²) in [4.78, 5) is 10.4. The van der Waals surface area contributed by atoms with Gasteiger partial charge in [0.15, 0.2) is 0 Å². The maximum atomic E-state index is 12.7. The first-order valence-electron chi connectivity index (χ1n) is 7.07. The van der Waals surface area contributed by atoms with Crippen LogP contribution in [0.3, 0.4) is 0 Å². The molecule has 0 fully saturated rings. The van der Waals surface area contributed by atoms with E-state index in [1.807, 2.05) is 0 Å². The Hall–Kier alpha value is -2.45. The summed E-state index contributed by atoms with van der Waals surface area (Å²) in [6, 6.07) is 10.6. The van der Waals surface area contributed by atoms with Crippen LogP contribution in [-0.2, 0) is 12.7 Å². The molecule has 0 aliphatic carbocycles. The number of nitrogens with zero attached hydrogens (tertiary/aromatic N) is 1. The van der Waals surface area contributed by atoms with Crippen LogP contribution >= 0.6 is 0 Å². The number of aliphatic hydroxyl groups is 1. The molecule has 2 N–H and O–H groups in total. The maximum Gasteiger partial charge on any atom is 0.416 e. The quantitative estimate of drug-likeness (QED) is 0.624. The van der Waals surface area contributed by atoms with Crippen molar-refractivity contribution in [1.82, 2.24) is 5.32 Å². The molecular formula is C16H15F3N2O3. The van der Waals surface area contributed by atoms with Gasteiger partial charge in [-0.05, 0) is 17.7 Å². The highest BCUT2D eigenvalue weighted by Gasteiger charge is 2.30. The Bertz CT molecular complexity index is 720. The minimum absolute atomic E-state index is 0.0344. The zero-order chi connectivity index (χ0) is 17.7. The van der Waals surface area contributed by atoms with E-state index in [0.29, 0.717) is 5.56 Å². The molecule has 0 amide bonds. The van der Waals surface area contributed by atoms with Gasteiger partial charge >= 0.3 is 6.18 Å². The van der Waals surface area contributed by atoms with Gasteiger partial charge in [0.25, 0.3) is 5.69 Å². The summed E-state index contributed by atoms with van der Waals surface area (Å²) >= 11 is 0. The average Bonchev–Trinajstić information content (AvgIpc) is 2.54. The second kappa shape index (κ2) is 7.41. The van der Waals surface area contributed by atoms with E-state index >= 15 is 0 Å². The Morgan fingerprint density at radius 1 is 1.17 bits per heavy atom. The minimum Gasteiger partial charge on any atom is -0.387 e. The van der Waals surface area contributed by atoms with Gasteiger partial charge < -0.3 is 10.4 Å². The molecule has 0 heterocycles. The van der Waals surface area contributed by atoms with Crippen molar-refractivity contribution in [2.45, 2.75) is 18.8 Å². The molecule has 2 aromatic rings. The van der Waals surface area contributed by atoms with Gasteiger partial charge in [-0.1, -0.05) is 30.3 Å². The van der Waals surface area contributed by atoms with E-state index in [4.69, 9.17) is 0 Å². The van der Waals surface area contributed by atoms with Crippen LogP contribution in [0.25, 0.3) is 0 Å². The van der Waals surface area contributed by atoms with Gasteiger partial charge in [-0.25, -0.2) is 0 Å². The van der Waals surface area contributed by atoms with Crippen LogP contribution < -0.4 is 5.32 Å². The van der Waals surface area contributed by atoms with E-state index in [9.17, 15) is 28.4 Å². The van der Waals surface area contributed by atoms with Crippen molar-refractivity contribution in [3.05, 3.63) is 75.3 Å². The van der Waals surface area contributed by atoms with Crippen molar-refractivity contribution in [2.24, 2.45) is 0 Å². The van der Waals surface area contributed by atoms with E-state index < -0.39 is 22.8 Å². The summed E-state index contributed by atoms with van der Waals surface area (Å²) in [6.45, 7) is 0.0839. The summed E-state index contributed by atoms with van der Waals surface area (Å²) in [7, 11) is 0. The zero-order valence-electron chi connectivity index (χ0n) is 12.5. The summed E-state index contributed by atoms with van der Waals surface area (Å²) in [5, 5.41) is 23.7. The Labute approximate surface area is 135 Å². The Balaban J connectivity index is 1.99. The van der Waals surface area contributed by atoms with E-state index in [2.05, 4.69) is 5.32 Å². The molecule has 0 aliphatic heterocycles. The third-order valence-corrected chi connectivity index (χ3v) is 3.44. The van der Waals surface area contributed by atoms with E-state index in [-0.39, 0.29) is 24.3 Å². The van der Waals surface area contributed by atoms with Crippen molar-refractivity contribution in [3.8, 4) is 0 Å². The highest BCUT2D eigenvalue weighted by molar-refractivity contribution is 5.39. The fourth-order valence-corrected chi connectivity index (χ4v) is 2.22. The Morgan fingerprint density at radius 3 is 2.54 bits per heavy atom. The topological polar surface area (TPSA) is 75.4 Å². The highest BCUT2D eigenvalue weighted by atomic mass is 19.4. The molecule has 5 nitrogen and oxygen atoms in total. The second-order valence-electron chi connectivity index (χ2n) is 5.16. The van der Waals surface area contributed by atoms with Gasteiger partial charge in [-0.3, -0.25) is 10.1 Å². The molecule has 0 bridgehead atoms. The molecule has 2 aromatic carbocycles. The van der Waals surface area contributed by atoms with Crippen molar-refractivity contribution < 1.29 is 23.2 Å². The predicted octanol–water partition coefficient (Wildman–Crippen LogP) is 3.44. The summed E-state index contributed by atoms with van der Waals surface area (Å²) in [5.74, 6) is 0. The monoisotopic (exact) mass is 340 g/mol. The van der Waals surface area contributed by atoms with Crippen molar-refractivity contribution in [2.75, 3.05) is 6.54 Å². The first-order chi connectivity index (χ1) is 11.3. The molecule has 128 valence electrons. The van der Waals surface area contributed by atoms with Crippen LogP contribution in [-0.4, -0.2) is 16.6 Å². The second-order valence-corrected chi connectivity index (χ2v) is 5.16. The molecule has 0 spiro atoms. The fraction of sp³-hybridized carbons (Fsp3) is 0.250. The molecule has 0 saturated heterocycles. The fourth-order valence-electron chi connectivity index (χ4n) is 2.22. The van der Waals surface area contributed by atoms with Crippen LogP contribution in [0.5, 0.6) is 0 Å². The summed E-state index contributed by atoms with van der Waals surface area (Å²) < 4.78 is 38.0. The van der Waals surface area contributed by atoms with Crippen LogP contribution in [0.4, 0.5) is 18.9 Å². The van der Waals surface area contributed by atoms with Gasteiger partial charge in [0, 0.05) is 24.7 Å². The van der Waals surface area contributed by atoms with Gasteiger partial charge in [-0.15, -0.1) is 0 Å². The predicted molar refractivity (Wildman–Crippen MR) is 81.2 cm³/mol. The number of halogens is 3. The number of nitro benzene ring substituents is 1. The third-order valence-electron chi connectivity index (χ3n) is 3.44. The largest absolute Gasteiger partial charge is 0.416 e. The number of nitrogens with one attached hydrogen (secondary N) is 1. The first-order valence-corrected chi connectivity index (χ1v) is 7.07. The van der Waals surface area contributed by atoms with Crippen molar-refractivity contribution in [3.63, 3.8) is 0 Å². The van der Waals surface area contributed by atoms with Gasteiger partial charge in [0.2, 0.25) is 0 Å². The highest BCUT2D eigenvalue weighted by Crippen LogP contribution is 2.30. The molecule has 1 unspecified atom stereocenters. The van der Waals surface area contributed by atoms with Crippen LogP contribution in [0.15, 0.2) is 48.5 Å². The molecule has 0 radical (unpaired) electrons. The van der Waals surface area contributed by atoms with Crippen LogP contribution in [0.2, 0.25) is 0 Å². The first kappa shape index (κ1) is 17.9. The lowest BCUT2D eigenvalue weighted by atomic mass is 10.1. The number of rotatable bonds is 6. The molecule has 0 saturated carbocycles. The van der Waals surface area contributed by atoms with Gasteiger partial charge in [-0.2, -0.15) is 13.2 Å². The molecule has 2 rings (SSSR count). The number of hydrogen-bond donors (Lipinski definition) is 2. The summed E-state index contributed by atoms with van der Waals surface area (Å²) in [5.41, 5.74) is -0.338. The van der Waals surface area contributed by atoms with Gasteiger partial charge in [0.1, 0.15) is 0 Å². The van der Waals surface area contributed by atoms with Crippen LogP contribution in [0, 0.1) is 10.1 Å². The average molecular weight is 340 g/mol. The van der Waals surface area contributed by atoms with E-state index in [1.165, 1.54) is 18.2 Å². The minimum atomic E-state index is -4.48. The SMILES string of the molecule is O=[N+]([O-])c1ccccc1CNCC(O)c1cccc(C(F)(F)F)c1. The smallest absolute Gasteiger partial charge is 0.387 e. The van der Waals surface area contributed by atoms with E-state index in [0.717, 1.165) is 12.1 Å².